The molecule has 0 bridgehead atoms. The summed E-state index contributed by atoms with van der Waals surface area (Å²) in [7, 11) is 0. The van der Waals surface area contributed by atoms with Crippen LogP contribution in [0.25, 0.3) is 87.7 Å². The summed E-state index contributed by atoms with van der Waals surface area (Å²) in [5.41, 5.74) is 15.3. The average Bonchev–Trinajstić information content (AvgIpc) is 3.54. The van der Waals surface area contributed by atoms with E-state index in [1.54, 1.807) is 0 Å². The molecule has 0 N–H and O–H groups in total. The highest BCUT2D eigenvalue weighted by Gasteiger charge is 2.38. The molecule has 0 aliphatic heterocycles. The molecule has 1 aromatic heterocycles. The Bertz CT molecular complexity index is 2960. The Labute approximate surface area is 304 Å². The van der Waals surface area contributed by atoms with Gasteiger partial charge < -0.3 is 0 Å². The Morgan fingerprint density at radius 1 is 0.346 bits per heavy atom. The molecule has 1 heterocycles. The molecule has 0 fully saturated rings. The Hall–Kier alpha value is -6.05. The molecule has 1 nitrogen and oxygen atoms in total. The third kappa shape index (κ3) is 3.81. The lowest BCUT2D eigenvalue weighted by molar-refractivity contribution is 0.660. The lowest BCUT2D eigenvalue weighted by atomic mass is 9.79. The minimum atomic E-state index is -0.147. The van der Waals surface area contributed by atoms with Crippen LogP contribution in [-0.2, 0) is 10.8 Å². The molecule has 0 unspecified atom stereocenters. The number of aromatic nitrogens is 1. The van der Waals surface area contributed by atoms with E-state index in [1.165, 1.54) is 104 Å². The second kappa shape index (κ2) is 10.3. The smallest absolute Gasteiger partial charge is 0.0718 e. The van der Waals surface area contributed by atoms with Crippen molar-refractivity contribution in [1.29, 1.82) is 0 Å². The highest BCUT2D eigenvalue weighted by Crippen LogP contribution is 2.55. The summed E-state index contributed by atoms with van der Waals surface area (Å²) >= 11 is 0. The zero-order valence-corrected chi connectivity index (χ0v) is 29.9. The molecule has 2 aliphatic carbocycles. The Morgan fingerprint density at radius 3 is 1.52 bits per heavy atom. The monoisotopic (exact) mass is 663 g/mol. The third-order valence-corrected chi connectivity index (χ3v) is 12.5. The van der Waals surface area contributed by atoms with E-state index in [-0.39, 0.29) is 10.8 Å². The number of benzene rings is 8. The van der Waals surface area contributed by atoms with Gasteiger partial charge >= 0.3 is 0 Å². The Balaban J connectivity index is 1.20. The summed E-state index contributed by atoms with van der Waals surface area (Å²) in [6.45, 7) is 9.51. The van der Waals surface area contributed by atoms with Crippen LogP contribution in [0.4, 0.5) is 0 Å². The maximum atomic E-state index is 5.31. The largest absolute Gasteiger partial charge is 0.256 e. The van der Waals surface area contributed by atoms with E-state index < -0.39 is 0 Å². The molecule has 246 valence electrons. The van der Waals surface area contributed by atoms with Crippen LogP contribution in [-0.4, -0.2) is 4.98 Å². The van der Waals surface area contributed by atoms with Crippen molar-refractivity contribution in [3.8, 4) is 44.6 Å². The van der Waals surface area contributed by atoms with E-state index in [2.05, 4.69) is 179 Å². The van der Waals surface area contributed by atoms with Gasteiger partial charge in [-0.25, -0.2) is 0 Å². The van der Waals surface area contributed by atoms with Gasteiger partial charge in [0.15, 0.2) is 0 Å². The van der Waals surface area contributed by atoms with Crippen molar-refractivity contribution in [3.05, 3.63) is 174 Å². The first-order valence-electron chi connectivity index (χ1n) is 18.5. The summed E-state index contributed by atoms with van der Waals surface area (Å²) in [6, 6.07) is 54.4. The first-order chi connectivity index (χ1) is 25.3. The van der Waals surface area contributed by atoms with Crippen molar-refractivity contribution in [2.75, 3.05) is 0 Å². The zero-order chi connectivity index (χ0) is 34.9. The van der Waals surface area contributed by atoms with E-state index in [9.17, 15) is 0 Å². The van der Waals surface area contributed by atoms with Gasteiger partial charge in [-0.15, -0.1) is 0 Å². The standard InChI is InChI=1S/C51H37N/c1-50(2)42-24-14-13-23-38(42)48-33-18-8-7-17-32(33)40(27-45(48)50)47-34-19-9-11-21-36(34)49(37-22-12-10-20-35(37)47)46-28-44-41(29-52-46)39-25-30-15-5-6-16-31(30)26-43(39)51(44,3)4/h5-29H,1-4H3. The summed E-state index contributed by atoms with van der Waals surface area (Å²) in [6.07, 6.45) is 2.14. The lowest BCUT2D eigenvalue weighted by Crippen LogP contribution is -2.15. The molecule has 2 aliphatic rings. The maximum Gasteiger partial charge on any atom is 0.0718 e. The summed E-state index contributed by atoms with van der Waals surface area (Å²) < 4.78 is 0. The molecule has 9 aromatic rings. The normalized spacial score (nSPS) is 14.8. The minimum absolute atomic E-state index is 0.110. The quantitative estimate of drug-likeness (QED) is 0.168. The molecule has 0 radical (unpaired) electrons. The first kappa shape index (κ1) is 29.7. The van der Waals surface area contributed by atoms with Crippen LogP contribution >= 0.6 is 0 Å². The van der Waals surface area contributed by atoms with Crippen LogP contribution in [0.3, 0.4) is 0 Å². The van der Waals surface area contributed by atoms with Gasteiger partial charge in [-0.3, -0.25) is 4.98 Å². The predicted octanol–water partition coefficient (Wildman–Crippen LogP) is 13.6. The van der Waals surface area contributed by atoms with E-state index in [0.717, 1.165) is 5.69 Å². The predicted molar refractivity (Wildman–Crippen MR) is 220 cm³/mol. The highest BCUT2D eigenvalue weighted by atomic mass is 14.7. The Morgan fingerprint density at radius 2 is 0.846 bits per heavy atom. The van der Waals surface area contributed by atoms with Crippen molar-refractivity contribution >= 4 is 43.1 Å². The van der Waals surface area contributed by atoms with Crippen molar-refractivity contribution in [2.24, 2.45) is 0 Å². The second-order valence-electron chi connectivity index (χ2n) is 15.9. The molecule has 11 rings (SSSR count). The molecule has 0 saturated carbocycles. The number of nitrogens with zero attached hydrogens (tertiary/aromatic N) is 1. The minimum Gasteiger partial charge on any atom is -0.256 e. The second-order valence-corrected chi connectivity index (χ2v) is 15.9. The van der Waals surface area contributed by atoms with Crippen molar-refractivity contribution in [1.82, 2.24) is 4.98 Å². The van der Waals surface area contributed by atoms with Gasteiger partial charge in [0, 0.05) is 28.2 Å². The fourth-order valence-electron chi connectivity index (χ4n) is 9.90. The molecule has 1 heteroatoms. The van der Waals surface area contributed by atoms with Crippen LogP contribution in [0.1, 0.15) is 49.9 Å². The van der Waals surface area contributed by atoms with E-state index in [0.29, 0.717) is 0 Å². The SMILES string of the molecule is CC1(C)c2cc(-c3c4ccccc4c(-c4cc5c(c6ccccc46)-c4ccccc4C5(C)C)c4ccccc34)ncc2-c2cc3ccccc3cc21. The number of pyridine rings is 1. The van der Waals surface area contributed by atoms with E-state index >= 15 is 0 Å². The topological polar surface area (TPSA) is 12.9 Å². The van der Waals surface area contributed by atoms with Gasteiger partial charge in [-0.05, 0) is 117 Å². The van der Waals surface area contributed by atoms with Crippen molar-refractivity contribution < 1.29 is 0 Å². The van der Waals surface area contributed by atoms with Gasteiger partial charge in [-0.1, -0.05) is 149 Å². The summed E-state index contributed by atoms with van der Waals surface area (Å²) in [5, 5.41) is 10.1. The Kier molecular flexibility index (Phi) is 5.86. The van der Waals surface area contributed by atoms with Crippen LogP contribution in [0.15, 0.2) is 152 Å². The van der Waals surface area contributed by atoms with Gasteiger partial charge in [0.1, 0.15) is 0 Å². The molecular weight excluding hydrogens is 627 g/mol. The molecular formula is C51H37N. The number of rotatable bonds is 2. The van der Waals surface area contributed by atoms with Crippen molar-refractivity contribution in [2.45, 2.75) is 38.5 Å². The molecule has 8 aromatic carbocycles. The molecule has 52 heavy (non-hydrogen) atoms. The molecule has 0 saturated heterocycles. The van der Waals surface area contributed by atoms with Gasteiger partial charge in [0.2, 0.25) is 0 Å². The van der Waals surface area contributed by atoms with E-state index in [4.69, 9.17) is 4.98 Å². The number of fused-ring (bicyclic) bond motifs is 11. The molecule has 0 atom stereocenters. The summed E-state index contributed by atoms with van der Waals surface area (Å²) in [4.78, 5) is 5.31. The van der Waals surface area contributed by atoms with Crippen LogP contribution in [0.5, 0.6) is 0 Å². The first-order valence-corrected chi connectivity index (χ1v) is 18.5. The molecule has 0 amide bonds. The fourth-order valence-corrected chi connectivity index (χ4v) is 9.90. The third-order valence-electron chi connectivity index (χ3n) is 12.5. The van der Waals surface area contributed by atoms with Gasteiger partial charge in [0.05, 0.1) is 5.69 Å². The number of hydrogen-bond donors (Lipinski definition) is 0. The van der Waals surface area contributed by atoms with Crippen LogP contribution < -0.4 is 0 Å². The number of hydrogen-bond acceptors (Lipinski definition) is 1. The van der Waals surface area contributed by atoms with Crippen LogP contribution in [0.2, 0.25) is 0 Å². The fraction of sp³-hybridized carbons (Fsp3) is 0.118. The van der Waals surface area contributed by atoms with Gasteiger partial charge in [-0.2, -0.15) is 0 Å². The van der Waals surface area contributed by atoms with Crippen LogP contribution in [0, 0.1) is 0 Å². The maximum absolute atomic E-state index is 5.31. The average molecular weight is 664 g/mol. The zero-order valence-electron chi connectivity index (χ0n) is 29.9. The lowest BCUT2D eigenvalue weighted by Gasteiger charge is -2.24. The van der Waals surface area contributed by atoms with Gasteiger partial charge in [0.25, 0.3) is 0 Å². The molecule has 0 spiro atoms. The summed E-state index contributed by atoms with van der Waals surface area (Å²) in [5.74, 6) is 0. The van der Waals surface area contributed by atoms with Crippen molar-refractivity contribution in [3.63, 3.8) is 0 Å². The van der Waals surface area contributed by atoms with E-state index in [1.807, 2.05) is 0 Å². The highest BCUT2D eigenvalue weighted by molar-refractivity contribution is 6.24.